The highest BCUT2D eigenvalue weighted by atomic mass is 35.5. The maximum Gasteiger partial charge on any atom is 0.251 e. The number of ether oxygens (including phenoxy) is 1. The van der Waals surface area contributed by atoms with Crippen LogP contribution in [0.4, 0.5) is 5.69 Å². The molecule has 2 atom stereocenters. The Labute approximate surface area is 140 Å². The number of carbonyl (C=O) groups is 1. The lowest BCUT2D eigenvalue weighted by atomic mass is 9.96. The highest BCUT2D eigenvalue weighted by molar-refractivity contribution is 7.92. The smallest absolute Gasteiger partial charge is 0.251 e. The lowest BCUT2D eigenvalue weighted by Gasteiger charge is -2.26. The minimum Gasteiger partial charge on any atom is -0.385 e. The van der Waals surface area contributed by atoms with Gasteiger partial charge in [0.25, 0.3) is 5.91 Å². The van der Waals surface area contributed by atoms with Gasteiger partial charge in [-0.1, -0.05) is 11.6 Å². The summed E-state index contributed by atoms with van der Waals surface area (Å²) >= 11 is 5.91. The van der Waals surface area contributed by atoms with E-state index in [2.05, 4.69) is 10.0 Å². The topological polar surface area (TPSA) is 105 Å². The van der Waals surface area contributed by atoms with Crippen LogP contribution in [0.3, 0.4) is 0 Å². The van der Waals surface area contributed by atoms with Crippen LogP contribution in [0.15, 0.2) is 18.2 Å². The first-order valence-corrected chi connectivity index (χ1v) is 9.27. The van der Waals surface area contributed by atoms with Gasteiger partial charge in [0.2, 0.25) is 10.0 Å². The van der Waals surface area contributed by atoms with E-state index in [4.69, 9.17) is 16.3 Å². The summed E-state index contributed by atoms with van der Waals surface area (Å²) in [6.45, 7) is 2.23. The minimum absolute atomic E-state index is 0.0461. The Hall–Kier alpha value is -1.35. The molecule has 0 bridgehead atoms. The van der Waals surface area contributed by atoms with Gasteiger partial charge in [0.1, 0.15) is 5.60 Å². The first-order valence-electron chi connectivity index (χ1n) is 7.00. The summed E-state index contributed by atoms with van der Waals surface area (Å²) in [5.74, 6) is -0.439. The van der Waals surface area contributed by atoms with Crippen LogP contribution in [0.25, 0.3) is 0 Å². The van der Waals surface area contributed by atoms with Crippen molar-refractivity contribution >= 4 is 33.2 Å². The van der Waals surface area contributed by atoms with Crippen molar-refractivity contribution in [3.8, 4) is 0 Å². The van der Waals surface area contributed by atoms with Gasteiger partial charge in [-0.05, 0) is 25.1 Å². The summed E-state index contributed by atoms with van der Waals surface area (Å²) in [4.78, 5) is 12.2. The summed E-state index contributed by atoms with van der Waals surface area (Å²) in [7, 11) is -3.51. The van der Waals surface area contributed by atoms with Crippen molar-refractivity contribution < 1.29 is 23.1 Å². The van der Waals surface area contributed by atoms with Crippen LogP contribution in [0.1, 0.15) is 23.7 Å². The third-order valence-electron chi connectivity index (χ3n) is 3.74. The Balaban J connectivity index is 2.09. The molecular weight excluding hydrogens is 344 g/mol. The van der Waals surface area contributed by atoms with E-state index in [0.717, 1.165) is 6.26 Å². The number of rotatable bonds is 5. The average Bonchev–Trinajstić information content (AvgIpc) is 2.77. The van der Waals surface area contributed by atoms with E-state index in [1.807, 2.05) is 0 Å². The number of amides is 1. The number of benzene rings is 1. The van der Waals surface area contributed by atoms with Crippen molar-refractivity contribution in [3.63, 3.8) is 0 Å². The first kappa shape index (κ1) is 18.0. The zero-order valence-corrected chi connectivity index (χ0v) is 14.4. The lowest BCUT2D eigenvalue weighted by Crippen LogP contribution is -2.47. The number of anilines is 1. The first-order chi connectivity index (χ1) is 10.6. The predicted molar refractivity (Wildman–Crippen MR) is 87.2 cm³/mol. The number of hydrogen-bond acceptors (Lipinski definition) is 5. The molecule has 0 radical (unpaired) electrons. The average molecular weight is 363 g/mol. The van der Waals surface area contributed by atoms with Crippen molar-refractivity contribution in [2.24, 2.45) is 0 Å². The molecule has 7 nitrogen and oxygen atoms in total. The van der Waals surface area contributed by atoms with Gasteiger partial charge in [-0.15, -0.1) is 0 Å². The second-order valence-corrected chi connectivity index (χ2v) is 7.77. The quantitative estimate of drug-likeness (QED) is 0.724. The van der Waals surface area contributed by atoms with E-state index in [0.29, 0.717) is 13.0 Å². The molecule has 1 saturated heterocycles. The molecule has 128 valence electrons. The Morgan fingerprint density at radius 2 is 2.22 bits per heavy atom. The molecule has 0 spiro atoms. The molecule has 1 aromatic carbocycles. The molecule has 1 aliphatic heterocycles. The Morgan fingerprint density at radius 3 is 2.78 bits per heavy atom. The number of halogens is 1. The van der Waals surface area contributed by atoms with Gasteiger partial charge >= 0.3 is 0 Å². The normalized spacial score (nSPS) is 24.4. The van der Waals surface area contributed by atoms with Crippen LogP contribution in [0.5, 0.6) is 0 Å². The van der Waals surface area contributed by atoms with Gasteiger partial charge in [-0.3, -0.25) is 9.52 Å². The zero-order valence-electron chi connectivity index (χ0n) is 12.8. The Bertz CT molecular complexity index is 709. The number of sulfonamides is 1. The molecule has 0 unspecified atom stereocenters. The Morgan fingerprint density at radius 1 is 1.52 bits per heavy atom. The van der Waals surface area contributed by atoms with E-state index < -0.39 is 21.5 Å². The molecule has 0 aromatic heterocycles. The second-order valence-electron chi connectivity index (χ2n) is 5.62. The monoisotopic (exact) mass is 362 g/mol. The third kappa shape index (κ3) is 4.57. The molecule has 1 aliphatic rings. The zero-order chi connectivity index (χ0) is 17.3. The number of hydrogen-bond donors (Lipinski definition) is 3. The molecule has 0 saturated carbocycles. The highest BCUT2D eigenvalue weighted by Gasteiger charge is 2.39. The van der Waals surface area contributed by atoms with Crippen molar-refractivity contribution in [2.45, 2.75) is 25.0 Å². The number of aliphatic hydroxyl groups is 1. The van der Waals surface area contributed by atoms with Crippen molar-refractivity contribution in [1.82, 2.24) is 5.32 Å². The summed E-state index contributed by atoms with van der Waals surface area (Å²) in [5, 5.41) is 13.2. The molecule has 1 amide bonds. The summed E-state index contributed by atoms with van der Waals surface area (Å²) in [6, 6.07) is 4.25. The second kappa shape index (κ2) is 6.64. The van der Waals surface area contributed by atoms with Gasteiger partial charge in [-0.2, -0.15) is 0 Å². The SMILES string of the molecule is C[C@H]1OCC[C@@]1(O)CNC(=O)c1ccc(Cl)c(NS(C)(=O)=O)c1. The molecule has 0 aliphatic carbocycles. The molecular formula is C14H19ClN2O5S. The molecule has 3 N–H and O–H groups in total. The van der Waals surface area contributed by atoms with Crippen molar-refractivity contribution in [1.29, 1.82) is 0 Å². The van der Waals surface area contributed by atoms with E-state index in [1.54, 1.807) is 6.92 Å². The van der Waals surface area contributed by atoms with Crippen LogP contribution in [-0.2, 0) is 14.8 Å². The van der Waals surface area contributed by atoms with Gasteiger partial charge in [0.15, 0.2) is 0 Å². The lowest BCUT2D eigenvalue weighted by molar-refractivity contribution is -0.0251. The van der Waals surface area contributed by atoms with E-state index in [-0.39, 0.29) is 28.9 Å². The van der Waals surface area contributed by atoms with Crippen molar-refractivity contribution in [2.75, 3.05) is 24.1 Å². The van der Waals surface area contributed by atoms with Gasteiger partial charge in [0, 0.05) is 25.1 Å². The summed E-state index contributed by atoms with van der Waals surface area (Å²) < 4.78 is 30.1. The molecule has 1 heterocycles. The summed E-state index contributed by atoms with van der Waals surface area (Å²) in [5.41, 5.74) is -0.746. The van der Waals surface area contributed by atoms with Crippen LogP contribution in [-0.4, -0.2) is 50.5 Å². The van der Waals surface area contributed by atoms with Gasteiger partial charge < -0.3 is 15.2 Å². The molecule has 23 heavy (non-hydrogen) atoms. The fourth-order valence-corrected chi connectivity index (χ4v) is 3.07. The largest absolute Gasteiger partial charge is 0.385 e. The predicted octanol–water partition coefficient (Wildman–Crippen LogP) is 0.981. The fourth-order valence-electron chi connectivity index (χ4n) is 2.28. The standard InChI is InChI=1S/C14H19ClN2O5S/c1-9-14(19,5-6-22-9)8-16-13(18)10-3-4-11(15)12(7-10)17-23(2,20)21/h3-4,7,9,17,19H,5-6,8H2,1-2H3,(H,16,18)/t9-,14-/m1/s1. The minimum atomic E-state index is -3.51. The Kier molecular flexibility index (Phi) is 5.20. The number of nitrogens with one attached hydrogen (secondary N) is 2. The van der Waals surface area contributed by atoms with E-state index >= 15 is 0 Å². The number of carbonyl (C=O) groups excluding carboxylic acids is 1. The third-order valence-corrected chi connectivity index (χ3v) is 4.66. The molecule has 9 heteroatoms. The summed E-state index contributed by atoms with van der Waals surface area (Å²) in [6.07, 6.45) is 1.07. The maximum absolute atomic E-state index is 12.2. The molecule has 2 rings (SSSR count). The molecule has 1 aromatic rings. The molecule has 1 fully saturated rings. The van der Waals surface area contributed by atoms with Crippen LogP contribution in [0, 0.1) is 0 Å². The van der Waals surface area contributed by atoms with Crippen LogP contribution < -0.4 is 10.0 Å². The van der Waals surface area contributed by atoms with E-state index in [9.17, 15) is 18.3 Å². The maximum atomic E-state index is 12.2. The van der Waals surface area contributed by atoms with E-state index in [1.165, 1.54) is 18.2 Å². The van der Waals surface area contributed by atoms with Gasteiger partial charge in [-0.25, -0.2) is 8.42 Å². The van der Waals surface area contributed by atoms with Crippen molar-refractivity contribution in [3.05, 3.63) is 28.8 Å². The fraction of sp³-hybridized carbons (Fsp3) is 0.500. The van der Waals surface area contributed by atoms with Crippen LogP contribution in [0.2, 0.25) is 5.02 Å². The van der Waals surface area contributed by atoms with Gasteiger partial charge in [0.05, 0.1) is 23.1 Å². The van der Waals surface area contributed by atoms with Crippen LogP contribution >= 0.6 is 11.6 Å². The highest BCUT2D eigenvalue weighted by Crippen LogP contribution is 2.26.